The van der Waals surface area contributed by atoms with Gasteiger partial charge in [0.05, 0.1) is 5.02 Å². The van der Waals surface area contributed by atoms with Crippen molar-refractivity contribution < 1.29 is 9.59 Å². The summed E-state index contributed by atoms with van der Waals surface area (Å²) in [6, 6.07) is 7.30. The van der Waals surface area contributed by atoms with Crippen LogP contribution in [0.3, 0.4) is 0 Å². The van der Waals surface area contributed by atoms with E-state index >= 15 is 0 Å². The number of benzene rings is 1. The van der Waals surface area contributed by atoms with Gasteiger partial charge in [0.2, 0.25) is 5.91 Å². The summed E-state index contributed by atoms with van der Waals surface area (Å²) in [5, 5.41) is 4.39. The number of piperidine rings is 1. The first kappa shape index (κ1) is 18.2. The van der Waals surface area contributed by atoms with E-state index in [0.717, 1.165) is 22.9 Å². The maximum absolute atomic E-state index is 13.1. The molecule has 2 aromatic rings. The molecule has 25 heavy (non-hydrogen) atoms. The average Bonchev–Trinajstić information content (AvgIpc) is 2.90. The van der Waals surface area contributed by atoms with E-state index in [1.807, 2.05) is 45.0 Å². The number of thiophene rings is 1. The van der Waals surface area contributed by atoms with Gasteiger partial charge < -0.3 is 10.2 Å². The van der Waals surface area contributed by atoms with Crippen molar-refractivity contribution in [1.82, 2.24) is 10.2 Å². The van der Waals surface area contributed by atoms with Gasteiger partial charge in [0.25, 0.3) is 5.91 Å². The van der Waals surface area contributed by atoms with E-state index in [9.17, 15) is 9.59 Å². The molecule has 1 saturated heterocycles. The number of nitrogens with one attached hydrogen (secondary N) is 1. The summed E-state index contributed by atoms with van der Waals surface area (Å²) in [7, 11) is 0. The van der Waals surface area contributed by atoms with Crippen LogP contribution in [0.2, 0.25) is 5.02 Å². The fourth-order valence-electron chi connectivity index (χ4n) is 3.18. The van der Waals surface area contributed by atoms with Crippen LogP contribution < -0.4 is 5.32 Å². The minimum atomic E-state index is -0.429. The van der Waals surface area contributed by atoms with E-state index in [2.05, 4.69) is 5.32 Å². The van der Waals surface area contributed by atoms with Gasteiger partial charge in [-0.2, -0.15) is 0 Å². The van der Waals surface area contributed by atoms with E-state index in [1.54, 1.807) is 4.90 Å². The highest BCUT2D eigenvalue weighted by Crippen LogP contribution is 2.36. The fourth-order valence-corrected chi connectivity index (χ4v) is 4.65. The van der Waals surface area contributed by atoms with Crippen LogP contribution in [0.1, 0.15) is 49.7 Å². The number of hydrogen-bond acceptors (Lipinski definition) is 3. The summed E-state index contributed by atoms with van der Waals surface area (Å²) in [4.78, 5) is 28.0. The van der Waals surface area contributed by atoms with Crippen molar-refractivity contribution in [1.29, 1.82) is 0 Å². The average molecular weight is 379 g/mol. The lowest BCUT2D eigenvalue weighted by molar-refractivity contribution is -0.128. The summed E-state index contributed by atoms with van der Waals surface area (Å²) in [5.41, 5.74) is -0.321. The number of likely N-dealkylation sites (tertiary alicyclic amines) is 1. The van der Waals surface area contributed by atoms with Gasteiger partial charge in [0, 0.05) is 22.2 Å². The van der Waals surface area contributed by atoms with E-state index in [4.69, 9.17) is 11.6 Å². The zero-order valence-corrected chi connectivity index (χ0v) is 16.3. The zero-order chi connectivity index (χ0) is 18.2. The Morgan fingerprint density at radius 2 is 1.96 bits per heavy atom. The van der Waals surface area contributed by atoms with Crippen molar-refractivity contribution in [2.75, 3.05) is 6.54 Å². The Labute approximate surface area is 157 Å². The highest BCUT2D eigenvalue weighted by Gasteiger charge is 2.35. The molecule has 0 radical (unpaired) electrons. The SMILES string of the molecule is CC(C)(C)NC(=O)C1CCCCN1C(=O)c1sc2ccccc2c1Cl. The van der Waals surface area contributed by atoms with Gasteiger partial charge in [-0.3, -0.25) is 9.59 Å². The van der Waals surface area contributed by atoms with Crippen molar-refractivity contribution in [3.8, 4) is 0 Å². The fraction of sp³-hybridized carbons (Fsp3) is 0.474. The summed E-state index contributed by atoms with van der Waals surface area (Å²) in [5.74, 6) is -0.224. The minimum absolute atomic E-state index is 0.0854. The topological polar surface area (TPSA) is 49.4 Å². The van der Waals surface area contributed by atoms with Crippen LogP contribution in [0.4, 0.5) is 0 Å². The Kier molecular flexibility index (Phi) is 5.07. The van der Waals surface area contributed by atoms with Gasteiger partial charge in [0.1, 0.15) is 10.9 Å². The Hall–Kier alpha value is -1.59. The molecule has 2 amide bonds. The Balaban J connectivity index is 1.90. The molecule has 1 atom stereocenters. The van der Waals surface area contributed by atoms with Gasteiger partial charge in [-0.1, -0.05) is 29.8 Å². The number of amides is 2. The van der Waals surface area contributed by atoms with Crippen LogP contribution >= 0.6 is 22.9 Å². The summed E-state index contributed by atoms with van der Waals surface area (Å²) < 4.78 is 0.989. The summed E-state index contributed by atoms with van der Waals surface area (Å²) in [6.45, 7) is 6.43. The molecule has 1 aliphatic heterocycles. The van der Waals surface area contributed by atoms with E-state index < -0.39 is 6.04 Å². The van der Waals surface area contributed by atoms with Gasteiger partial charge in [-0.25, -0.2) is 0 Å². The Morgan fingerprint density at radius 3 is 2.64 bits per heavy atom. The Bertz CT molecular complexity index is 809. The smallest absolute Gasteiger partial charge is 0.266 e. The van der Waals surface area contributed by atoms with Crippen molar-refractivity contribution in [3.63, 3.8) is 0 Å². The number of carbonyl (C=O) groups excluding carboxylic acids is 2. The zero-order valence-electron chi connectivity index (χ0n) is 14.8. The van der Waals surface area contributed by atoms with Gasteiger partial charge in [-0.05, 0) is 46.1 Å². The van der Waals surface area contributed by atoms with Crippen LogP contribution in [0, 0.1) is 0 Å². The molecule has 2 heterocycles. The predicted molar refractivity (Wildman–Crippen MR) is 103 cm³/mol. The molecule has 1 aliphatic rings. The molecule has 1 fully saturated rings. The third-order valence-electron chi connectivity index (χ3n) is 4.29. The maximum atomic E-state index is 13.1. The first-order valence-corrected chi connectivity index (χ1v) is 9.77. The van der Waals surface area contributed by atoms with Crippen LogP contribution in [0.15, 0.2) is 24.3 Å². The van der Waals surface area contributed by atoms with Gasteiger partial charge in [0.15, 0.2) is 0 Å². The molecule has 6 heteroatoms. The number of hydrogen-bond donors (Lipinski definition) is 1. The maximum Gasteiger partial charge on any atom is 0.266 e. The van der Waals surface area contributed by atoms with Crippen molar-refractivity contribution in [2.24, 2.45) is 0 Å². The molecule has 0 saturated carbocycles. The molecule has 134 valence electrons. The third-order valence-corrected chi connectivity index (χ3v) is 5.96. The molecule has 1 aromatic heterocycles. The monoisotopic (exact) mass is 378 g/mol. The molecule has 1 aromatic carbocycles. The number of halogens is 1. The lowest BCUT2D eigenvalue weighted by Crippen LogP contribution is -2.55. The molecule has 1 unspecified atom stereocenters. The lowest BCUT2D eigenvalue weighted by atomic mass is 9.99. The van der Waals surface area contributed by atoms with Crippen molar-refractivity contribution in [2.45, 2.75) is 51.6 Å². The molecule has 0 spiro atoms. The Morgan fingerprint density at radius 1 is 1.24 bits per heavy atom. The number of carbonyl (C=O) groups is 2. The minimum Gasteiger partial charge on any atom is -0.350 e. The first-order chi connectivity index (χ1) is 11.8. The highest BCUT2D eigenvalue weighted by atomic mass is 35.5. The lowest BCUT2D eigenvalue weighted by Gasteiger charge is -2.36. The second kappa shape index (κ2) is 6.96. The number of fused-ring (bicyclic) bond motifs is 1. The van der Waals surface area contributed by atoms with Gasteiger partial charge >= 0.3 is 0 Å². The summed E-state index contributed by atoms with van der Waals surface area (Å²) >= 11 is 7.87. The van der Waals surface area contributed by atoms with E-state index in [-0.39, 0.29) is 17.4 Å². The molecule has 0 aliphatic carbocycles. The first-order valence-electron chi connectivity index (χ1n) is 8.58. The van der Waals surface area contributed by atoms with Crippen LogP contribution in [0.25, 0.3) is 10.1 Å². The second-order valence-electron chi connectivity index (χ2n) is 7.49. The molecule has 4 nitrogen and oxygen atoms in total. The second-order valence-corrected chi connectivity index (χ2v) is 8.92. The standard InChI is InChI=1S/C19H23ClN2O2S/c1-19(2,3)21-17(23)13-9-6-7-11-22(13)18(24)16-15(20)12-8-4-5-10-14(12)25-16/h4-5,8,10,13H,6-7,9,11H2,1-3H3,(H,21,23). The van der Waals surface area contributed by atoms with Gasteiger partial charge in [-0.15, -0.1) is 11.3 Å². The molecular weight excluding hydrogens is 356 g/mol. The molecule has 1 N–H and O–H groups in total. The normalized spacial score (nSPS) is 18.4. The van der Waals surface area contributed by atoms with Crippen LogP contribution in [-0.2, 0) is 4.79 Å². The van der Waals surface area contributed by atoms with Crippen molar-refractivity contribution in [3.05, 3.63) is 34.2 Å². The third kappa shape index (κ3) is 3.82. The van der Waals surface area contributed by atoms with E-state index in [0.29, 0.717) is 22.9 Å². The number of rotatable bonds is 2. The van der Waals surface area contributed by atoms with Crippen molar-refractivity contribution >= 4 is 44.8 Å². The van der Waals surface area contributed by atoms with Crippen LogP contribution in [-0.4, -0.2) is 34.8 Å². The summed E-state index contributed by atoms with van der Waals surface area (Å²) in [6.07, 6.45) is 2.55. The molecule has 0 bridgehead atoms. The number of nitrogens with zero attached hydrogens (tertiary/aromatic N) is 1. The highest BCUT2D eigenvalue weighted by molar-refractivity contribution is 7.21. The quantitative estimate of drug-likeness (QED) is 0.838. The van der Waals surface area contributed by atoms with E-state index in [1.165, 1.54) is 11.3 Å². The van der Waals surface area contributed by atoms with Crippen LogP contribution in [0.5, 0.6) is 0 Å². The predicted octanol–water partition coefficient (Wildman–Crippen LogP) is 4.46. The largest absolute Gasteiger partial charge is 0.350 e. The molecular formula is C19H23ClN2O2S. The molecule has 3 rings (SSSR count).